The summed E-state index contributed by atoms with van der Waals surface area (Å²) < 4.78 is 4.35. The third kappa shape index (κ3) is 2.01. The molecule has 0 aromatic carbocycles. The molecule has 0 saturated heterocycles. The predicted molar refractivity (Wildman–Crippen MR) is 42.8 cm³/mol. The van der Waals surface area contributed by atoms with Gasteiger partial charge in [-0.3, -0.25) is 0 Å². The summed E-state index contributed by atoms with van der Waals surface area (Å²) in [5.41, 5.74) is 0. The lowest BCUT2D eigenvalue weighted by molar-refractivity contribution is 1.14. The van der Waals surface area contributed by atoms with Crippen LogP contribution >= 0.6 is 22.9 Å². The molecule has 0 aliphatic rings. The maximum atomic E-state index is 5.64. The molecule has 0 unspecified atom stereocenters. The second-order valence-corrected chi connectivity index (χ2v) is 3.55. The summed E-state index contributed by atoms with van der Waals surface area (Å²) in [5, 5.41) is 0. The van der Waals surface area contributed by atoms with E-state index in [0.717, 1.165) is 9.21 Å². The van der Waals surface area contributed by atoms with E-state index in [2.05, 4.69) is 16.8 Å². The molecule has 1 rings (SSSR count). The van der Waals surface area contributed by atoms with Crippen molar-refractivity contribution in [3.63, 3.8) is 0 Å². The lowest BCUT2D eigenvalue weighted by Gasteiger charge is -1.80. The Labute approximate surface area is 67.8 Å². The molecular formula is C5H4ClNS2. The molecule has 4 heteroatoms. The van der Waals surface area contributed by atoms with Crippen molar-refractivity contribution in [3.05, 3.63) is 21.3 Å². The zero-order valence-electron chi connectivity index (χ0n) is 4.50. The van der Waals surface area contributed by atoms with Gasteiger partial charge in [-0.15, -0.1) is 11.3 Å². The second kappa shape index (κ2) is 3.25. The standard InChI is InChI=1S/C5H4ClNS2/c6-5-2-1-4(9-5)3-7-8/h1-2H,3H2. The molecule has 0 amide bonds. The highest BCUT2D eigenvalue weighted by Gasteiger charge is 1.93. The molecule has 1 aromatic heterocycles. The molecule has 1 aromatic rings. The highest BCUT2D eigenvalue weighted by atomic mass is 35.5. The summed E-state index contributed by atoms with van der Waals surface area (Å²) in [6, 6.07) is 3.78. The van der Waals surface area contributed by atoms with Crippen molar-refractivity contribution in [2.24, 2.45) is 4.36 Å². The van der Waals surface area contributed by atoms with E-state index >= 15 is 0 Å². The van der Waals surface area contributed by atoms with Gasteiger partial charge < -0.3 is 0 Å². The summed E-state index contributed by atoms with van der Waals surface area (Å²) in [5.74, 6) is 0. The molecule has 0 fully saturated rings. The second-order valence-electron chi connectivity index (χ2n) is 1.49. The van der Waals surface area contributed by atoms with Crippen molar-refractivity contribution in [1.82, 2.24) is 0 Å². The van der Waals surface area contributed by atoms with Crippen LogP contribution in [-0.4, -0.2) is 0 Å². The molecule has 0 saturated carbocycles. The fourth-order valence-electron chi connectivity index (χ4n) is 0.500. The fraction of sp³-hybridized carbons (Fsp3) is 0.200. The van der Waals surface area contributed by atoms with Crippen LogP contribution in [0.15, 0.2) is 16.5 Å². The van der Waals surface area contributed by atoms with E-state index in [1.54, 1.807) is 0 Å². The molecule has 1 heterocycles. The van der Waals surface area contributed by atoms with Gasteiger partial charge >= 0.3 is 0 Å². The van der Waals surface area contributed by atoms with Crippen LogP contribution in [0.25, 0.3) is 0 Å². The van der Waals surface area contributed by atoms with Crippen LogP contribution in [-0.2, 0) is 19.0 Å². The summed E-state index contributed by atoms with van der Waals surface area (Å²) >= 11 is 11.6. The van der Waals surface area contributed by atoms with Crippen LogP contribution in [0.4, 0.5) is 0 Å². The average molecular weight is 178 g/mol. The molecule has 0 bridgehead atoms. The molecule has 48 valence electrons. The maximum Gasteiger partial charge on any atom is 0.0931 e. The van der Waals surface area contributed by atoms with Crippen molar-refractivity contribution < 1.29 is 0 Å². The number of halogens is 1. The largest absolute Gasteiger partial charge is 0.214 e. The minimum absolute atomic E-state index is 0.604. The van der Waals surface area contributed by atoms with Gasteiger partial charge in [0.2, 0.25) is 0 Å². The van der Waals surface area contributed by atoms with Gasteiger partial charge in [-0.25, -0.2) is 4.36 Å². The van der Waals surface area contributed by atoms with Crippen LogP contribution in [0.3, 0.4) is 0 Å². The minimum atomic E-state index is 0.604. The Balaban J connectivity index is 2.72. The van der Waals surface area contributed by atoms with Gasteiger partial charge in [-0.2, -0.15) is 0 Å². The molecule has 0 atom stereocenters. The van der Waals surface area contributed by atoms with Crippen molar-refractivity contribution >= 4 is 35.4 Å². The first kappa shape index (κ1) is 7.12. The molecule has 0 N–H and O–H groups in total. The predicted octanol–water partition coefficient (Wildman–Crippen LogP) is 2.63. The third-order valence-corrected chi connectivity index (χ3v) is 2.19. The van der Waals surface area contributed by atoms with E-state index in [0.29, 0.717) is 6.54 Å². The lowest BCUT2D eigenvalue weighted by Crippen LogP contribution is -1.66. The van der Waals surface area contributed by atoms with Gasteiger partial charge in [0.05, 0.1) is 10.9 Å². The van der Waals surface area contributed by atoms with E-state index in [4.69, 9.17) is 11.6 Å². The molecule has 9 heavy (non-hydrogen) atoms. The smallest absolute Gasteiger partial charge is 0.0931 e. The van der Waals surface area contributed by atoms with Gasteiger partial charge in [-0.1, -0.05) is 11.6 Å². The Morgan fingerprint density at radius 2 is 2.44 bits per heavy atom. The van der Waals surface area contributed by atoms with Gasteiger partial charge in [0.1, 0.15) is 0 Å². The summed E-state index contributed by atoms with van der Waals surface area (Å²) in [4.78, 5) is 1.12. The van der Waals surface area contributed by atoms with E-state index in [1.165, 1.54) is 11.3 Å². The Bertz CT molecular complexity index is 208. The molecule has 0 aliphatic carbocycles. The summed E-state index contributed by atoms with van der Waals surface area (Å²) in [6.07, 6.45) is 0. The number of hydrogen-bond donors (Lipinski definition) is 0. The molecule has 0 aliphatic heterocycles. The van der Waals surface area contributed by atoms with Gasteiger partial charge in [0.25, 0.3) is 0 Å². The first-order valence-electron chi connectivity index (χ1n) is 2.36. The van der Waals surface area contributed by atoms with Crippen molar-refractivity contribution in [2.75, 3.05) is 0 Å². The van der Waals surface area contributed by atoms with Gasteiger partial charge in [-0.05, 0) is 12.1 Å². The average Bonchev–Trinajstić information content (AvgIpc) is 2.17. The first-order valence-corrected chi connectivity index (χ1v) is 3.92. The van der Waals surface area contributed by atoms with E-state index < -0.39 is 0 Å². The van der Waals surface area contributed by atoms with Crippen molar-refractivity contribution in [3.8, 4) is 0 Å². The number of hydrogen-bond acceptors (Lipinski definition) is 3. The van der Waals surface area contributed by atoms with E-state index in [1.807, 2.05) is 12.1 Å². The van der Waals surface area contributed by atoms with Crippen LogP contribution in [0, 0.1) is 0 Å². The quantitative estimate of drug-likeness (QED) is 0.677. The first-order chi connectivity index (χ1) is 4.33. The van der Waals surface area contributed by atoms with Gasteiger partial charge in [0.15, 0.2) is 0 Å². The fourth-order valence-corrected chi connectivity index (χ4v) is 1.73. The van der Waals surface area contributed by atoms with E-state index in [9.17, 15) is 0 Å². The molecule has 0 radical (unpaired) electrons. The Morgan fingerprint density at radius 1 is 1.67 bits per heavy atom. The monoisotopic (exact) mass is 177 g/mol. The topological polar surface area (TPSA) is 12.4 Å². The molecular weight excluding hydrogens is 174 g/mol. The summed E-state index contributed by atoms with van der Waals surface area (Å²) in [6.45, 7) is 0.604. The Kier molecular flexibility index (Phi) is 2.57. The maximum absolute atomic E-state index is 5.64. The molecule has 1 nitrogen and oxygen atoms in total. The lowest BCUT2D eigenvalue weighted by atomic mass is 10.5. The Morgan fingerprint density at radius 3 is 2.89 bits per heavy atom. The SMILES string of the molecule is S=NCc1ccc(Cl)s1. The Hall–Kier alpha value is 0.01000. The number of thiophene rings is 1. The minimum Gasteiger partial charge on any atom is -0.214 e. The van der Waals surface area contributed by atoms with Crippen molar-refractivity contribution in [1.29, 1.82) is 0 Å². The highest BCUT2D eigenvalue weighted by molar-refractivity contribution is 7.47. The molecule has 0 spiro atoms. The van der Waals surface area contributed by atoms with Crippen molar-refractivity contribution in [2.45, 2.75) is 6.54 Å². The van der Waals surface area contributed by atoms with Crippen LogP contribution in [0.1, 0.15) is 4.88 Å². The zero-order valence-corrected chi connectivity index (χ0v) is 6.89. The number of rotatable bonds is 2. The van der Waals surface area contributed by atoms with Crippen LogP contribution in [0.2, 0.25) is 4.34 Å². The normalized spacial score (nSPS) is 9.44. The zero-order chi connectivity index (χ0) is 6.69. The van der Waals surface area contributed by atoms with Gasteiger partial charge in [0, 0.05) is 17.3 Å². The van der Waals surface area contributed by atoms with Crippen LogP contribution in [0.5, 0.6) is 0 Å². The number of nitrogens with zero attached hydrogens (tertiary/aromatic N) is 1. The van der Waals surface area contributed by atoms with Crippen LogP contribution < -0.4 is 0 Å². The highest BCUT2D eigenvalue weighted by Crippen LogP contribution is 2.21. The third-order valence-electron chi connectivity index (χ3n) is 0.849. The summed E-state index contributed by atoms with van der Waals surface area (Å²) in [7, 11) is 0. The van der Waals surface area contributed by atoms with E-state index in [-0.39, 0.29) is 0 Å².